The number of anilines is 1. The Labute approximate surface area is 250 Å². The van der Waals surface area contributed by atoms with Crippen LogP contribution in [-0.4, -0.2) is 53.0 Å². The summed E-state index contributed by atoms with van der Waals surface area (Å²) in [5.41, 5.74) is 3.30. The van der Waals surface area contributed by atoms with Crippen LogP contribution in [0.25, 0.3) is 11.1 Å². The van der Waals surface area contributed by atoms with E-state index in [0.717, 1.165) is 22.3 Å². The number of hydrogen-bond donors (Lipinski definition) is 4. The fraction of sp³-hybridized carbons (Fsp3) is 0.333. The first kappa shape index (κ1) is 31.1. The maximum absolute atomic E-state index is 13.0. The summed E-state index contributed by atoms with van der Waals surface area (Å²) in [7, 11) is 0. The molecule has 10 nitrogen and oxygen atoms in total. The van der Waals surface area contributed by atoms with Crippen molar-refractivity contribution in [1.82, 2.24) is 10.6 Å². The Hall–Kier alpha value is -4.86. The van der Waals surface area contributed by atoms with Crippen molar-refractivity contribution in [3.63, 3.8) is 0 Å². The number of carboxylic acid groups (broad SMARTS) is 1. The van der Waals surface area contributed by atoms with E-state index in [0.29, 0.717) is 11.3 Å². The van der Waals surface area contributed by atoms with E-state index in [1.54, 1.807) is 45.0 Å². The fourth-order valence-corrected chi connectivity index (χ4v) is 4.82. The molecule has 0 spiro atoms. The molecule has 0 aliphatic heterocycles. The minimum absolute atomic E-state index is 0.0476. The minimum Gasteiger partial charge on any atom is -0.480 e. The highest BCUT2D eigenvalue weighted by atomic mass is 16.6. The zero-order chi connectivity index (χ0) is 31.4. The van der Waals surface area contributed by atoms with Crippen LogP contribution in [0.15, 0.2) is 72.8 Å². The highest BCUT2D eigenvalue weighted by molar-refractivity contribution is 5.91. The Balaban J connectivity index is 1.38. The zero-order valence-corrected chi connectivity index (χ0v) is 24.9. The highest BCUT2D eigenvalue weighted by Crippen LogP contribution is 2.44. The van der Waals surface area contributed by atoms with E-state index < -0.39 is 41.2 Å². The number of benzene rings is 3. The van der Waals surface area contributed by atoms with Gasteiger partial charge in [-0.3, -0.25) is 10.1 Å². The second-order valence-electron chi connectivity index (χ2n) is 12.0. The number of ether oxygens (including phenoxy) is 2. The standard InChI is InChI=1S/C33H37N3O7/c1-32(2,3)43-31(41)35-27(28(37)36-33(4,5)29(38)39)18-20-14-16-21(17-15-20)34-30(40)42-19-26-24-12-8-6-10-22(24)23-11-7-9-13-25(23)26/h6-17,26-27H,18-19H2,1-5H3,(H,34,40)(H,35,41)(H,36,37)(H,38,39). The molecule has 0 saturated heterocycles. The lowest BCUT2D eigenvalue weighted by atomic mass is 9.98. The number of carbonyl (C=O) groups is 4. The van der Waals surface area contributed by atoms with Crippen molar-refractivity contribution < 1.29 is 33.8 Å². The van der Waals surface area contributed by atoms with Gasteiger partial charge in [0.25, 0.3) is 0 Å². The van der Waals surface area contributed by atoms with Crippen LogP contribution >= 0.6 is 0 Å². The molecule has 3 aromatic rings. The molecule has 10 heteroatoms. The second-order valence-corrected chi connectivity index (χ2v) is 12.0. The van der Waals surface area contributed by atoms with Gasteiger partial charge in [-0.15, -0.1) is 0 Å². The molecule has 0 fully saturated rings. The molecule has 0 heterocycles. The summed E-state index contributed by atoms with van der Waals surface area (Å²) in [6.45, 7) is 7.95. The monoisotopic (exact) mass is 587 g/mol. The number of aliphatic carboxylic acids is 1. The second kappa shape index (κ2) is 12.6. The van der Waals surface area contributed by atoms with Crippen LogP contribution < -0.4 is 16.0 Å². The van der Waals surface area contributed by atoms with Crippen molar-refractivity contribution >= 4 is 29.8 Å². The van der Waals surface area contributed by atoms with Gasteiger partial charge in [0.15, 0.2) is 0 Å². The molecule has 1 aliphatic rings. The maximum atomic E-state index is 13.0. The van der Waals surface area contributed by atoms with Gasteiger partial charge >= 0.3 is 18.2 Å². The van der Waals surface area contributed by atoms with Crippen molar-refractivity contribution in [3.05, 3.63) is 89.5 Å². The molecule has 0 saturated carbocycles. The fourth-order valence-electron chi connectivity index (χ4n) is 4.82. The van der Waals surface area contributed by atoms with Crippen LogP contribution in [0.2, 0.25) is 0 Å². The van der Waals surface area contributed by atoms with Gasteiger partial charge in [-0.2, -0.15) is 0 Å². The Morgan fingerprint density at radius 3 is 1.91 bits per heavy atom. The van der Waals surface area contributed by atoms with Crippen molar-refractivity contribution in [3.8, 4) is 11.1 Å². The topological polar surface area (TPSA) is 143 Å². The Bertz CT molecular complexity index is 1460. The van der Waals surface area contributed by atoms with Crippen molar-refractivity contribution in [2.24, 2.45) is 0 Å². The molecule has 226 valence electrons. The largest absolute Gasteiger partial charge is 0.480 e. The Morgan fingerprint density at radius 1 is 0.814 bits per heavy atom. The third-order valence-electron chi connectivity index (χ3n) is 6.96. The van der Waals surface area contributed by atoms with Crippen molar-refractivity contribution in [1.29, 1.82) is 0 Å². The summed E-state index contributed by atoms with van der Waals surface area (Å²) in [5.74, 6) is -1.97. The van der Waals surface area contributed by atoms with Gasteiger partial charge in [-0.05, 0) is 74.6 Å². The molecule has 0 aromatic heterocycles. The van der Waals surface area contributed by atoms with Crippen molar-refractivity contribution in [2.45, 2.75) is 64.1 Å². The van der Waals surface area contributed by atoms with Gasteiger partial charge < -0.3 is 25.2 Å². The molecular formula is C33H37N3O7. The van der Waals surface area contributed by atoms with Crippen LogP contribution in [0.3, 0.4) is 0 Å². The highest BCUT2D eigenvalue weighted by Gasteiger charge is 2.33. The summed E-state index contributed by atoms with van der Waals surface area (Å²) in [4.78, 5) is 49.6. The van der Waals surface area contributed by atoms with Gasteiger partial charge in [-0.1, -0.05) is 60.7 Å². The van der Waals surface area contributed by atoms with Gasteiger partial charge in [0.2, 0.25) is 5.91 Å². The molecule has 0 radical (unpaired) electrons. The SMILES string of the molecule is CC(C)(C)OC(=O)NC(Cc1ccc(NC(=O)OCC2c3ccccc3-c3ccccc32)cc1)C(=O)NC(C)(C)C(=O)O. The summed E-state index contributed by atoms with van der Waals surface area (Å²) in [6.07, 6.45) is -1.37. The van der Waals surface area contributed by atoms with Crippen LogP contribution in [0.4, 0.5) is 15.3 Å². The Kier molecular flexibility index (Phi) is 9.08. The first-order valence-corrected chi connectivity index (χ1v) is 14.0. The molecule has 1 atom stereocenters. The average Bonchev–Trinajstić information content (AvgIpc) is 3.25. The third-order valence-corrected chi connectivity index (χ3v) is 6.96. The first-order valence-electron chi connectivity index (χ1n) is 14.0. The summed E-state index contributed by atoms with van der Waals surface area (Å²) in [6, 6.07) is 21.8. The molecule has 4 rings (SSSR count). The first-order chi connectivity index (χ1) is 20.2. The van der Waals surface area contributed by atoms with Gasteiger partial charge in [-0.25, -0.2) is 14.4 Å². The lowest BCUT2D eigenvalue weighted by molar-refractivity contribution is -0.146. The molecule has 4 N–H and O–H groups in total. The summed E-state index contributed by atoms with van der Waals surface area (Å²) in [5, 5.41) is 17.1. The van der Waals surface area contributed by atoms with Gasteiger partial charge in [0.05, 0.1) is 0 Å². The summed E-state index contributed by atoms with van der Waals surface area (Å²) < 4.78 is 10.9. The van der Waals surface area contributed by atoms with E-state index in [9.17, 15) is 24.3 Å². The van der Waals surface area contributed by atoms with E-state index in [1.807, 2.05) is 36.4 Å². The minimum atomic E-state index is -1.55. The zero-order valence-electron chi connectivity index (χ0n) is 24.9. The predicted molar refractivity (Wildman–Crippen MR) is 162 cm³/mol. The van der Waals surface area contributed by atoms with Gasteiger partial charge in [0.1, 0.15) is 23.8 Å². The number of amides is 3. The van der Waals surface area contributed by atoms with E-state index in [1.165, 1.54) is 13.8 Å². The molecule has 3 amide bonds. The molecular weight excluding hydrogens is 550 g/mol. The van der Waals surface area contributed by atoms with Crippen LogP contribution in [0.5, 0.6) is 0 Å². The third kappa shape index (κ3) is 7.91. The normalized spacial score (nSPS) is 13.2. The number of fused-ring (bicyclic) bond motifs is 3. The van der Waals surface area contributed by atoms with Crippen LogP contribution in [0.1, 0.15) is 57.2 Å². The van der Waals surface area contributed by atoms with E-state index in [2.05, 4.69) is 28.1 Å². The number of carbonyl (C=O) groups excluding carboxylic acids is 3. The average molecular weight is 588 g/mol. The van der Waals surface area contributed by atoms with E-state index in [-0.39, 0.29) is 18.9 Å². The quantitative estimate of drug-likeness (QED) is 0.260. The lowest BCUT2D eigenvalue weighted by Crippen LogP contribution is -2.57. The molecule has 43 heavy (non-hydrogen) atoms. The van der Waals surface area contributed by atoms with Gasteiger partial charge in [0, 0.05) is 18.0 Å². The van der Waals surface area contributed by atoms with E-state index >= 15 is 0 Å². The molecule has 1 aliphatic carbocycles. The number of hydrogen-bond acceptors (Lipinski definition) is 6. The number of alkyl carbamates (subject to hydrolysis) is 1. The maximum Gasteiger partial charge on any atom is 0.411 e. The van der Waals surface area contributed by atoms with E-state index in [4.69, 9.17) is 9.47 Å². The van der Waals surface area contributed by atoms with Crippen molar-refractivity contribution in [2.75, 3.05) is 11.9 Å². The smallest absolute Gasteiger partial charge is 0.411 e. The lowest BCUT2D eigenvalue weighted by Gasteiger charge is -2.27. The van der Waals surface area contributed by atoms with Crippen LogP contribution in [-0.2, 0) is 25.5 Å². The Morgan fingerprint density at radius 2 is 1.37 bits per heavy atom. The molecule has 0 bridgehead atoms. The number of rotatable bonds is 9. The summed E-state index contributed by atoms with van der Waals surface area (Å²) >= 11 is 0. The predicted octanol–water partition coefficient (Wildman–Crippen LogP) is 5.46. The number of nitrogens with one attached hydrogen (secondary N) is 3. The molecule has 3 aromatic carbocycles. The molecule has 1 unspecified atom stereocenters. The van der Waals surface area contributed by atoms with Crippen LogP contribution in [0, 0.1) is 0 Å². The number of carboxylic acids is 1.